The minimum absolute atomic E-state index is 0.0140. The number of halogens is 1. The molecule has 0 aliphatic carbocycles. The summed E-state index contributed by atoms with van der Waals surface area (Å²) < 4.78 is 17.1. The van der Waals surface area contributed by atoms with Gasteiger partial charge in [0.25, 0.3) is 0 Å². The van der Waals surface area contributed by atoms with E-state index < -0.39 is 17.6 Å². The van der Waals surface area contributed by atoms with Gasteiger partial charge in [-0.2, -0.15) is 0 Å². The van der Waals surface area contributed by atoms with Crippen molar-refractivity contribution in [1.82, 2.24) is 24.3 Å². The van der Waals surface area contributed by atoms with Crippen molar-refractivity contribution in [1.29, 1.82) is 0 Å². The molecule has 8 nitrogen and oxygen atoms in total. The lowest BCUT2D eigenvalue weighted by atomic mass is 9.84. The number of benzene rings is 2. The van der Waals surface area contributed by atoms with Crippen LogP contribution in [0.2, 0.25) is 0 Å². The van der Waals surface area contributed by atoms with Crippen molar-refractivity contribution < 1.29 is 14.0 Å². The number of piperazine rings is 1. The summed E-state index contributed by atoms with van der Waals surface area (Å²) in [5, 5.41) is 0. The highest BCUT2D eigenvalue weighted by atomic mass is 19.1. The van der Waals surface area contributed by atoms with E-state index >= 15 is 4.39 Å². The van der Waals surface area contributed by atoms with Gasteiger partial charge in [0, 0.05) is 58.0 Å². The van der Waals surface area contributed by atoms with Crippen molar-refractivity contribution in [2.45, 2.75) is 46.5 Å². The van der Waals surface area contributed by atoms with Crippen LogP contribution in [0.25, 0.3) is 11.3 Å². The zero-order valence-corrected chi connectivity index (χ0v) is 24.0. The van der Waals surface area contributed by atoms with Gasteiger partial charge < -0.3 is 25.0 Å². The average molecular weight is 549 g/mol. The molecular weight excluding hydrogens is 507 g/mol. The van der Waals surface area contributed by atoms with Crippen LogP contribution in [0.3, 0.4) is 0 Å². The van der Waals surface area contributed by atoms with E-state index in [9.17, 15) is 9.59 Å². The first-order chi connectivity index (χ1) is 19.1. The van der Waals surface area contributed by atoms with Crippen molar-refractivity contribution >= 4 is 11.9 Å². The first-order valence-corrected chi connectivity index (χ1v) is 13.9. The number of hydrogen-bond donors (Lipinski definition) is 1. The summed E-state index contributed by atoms with van der Waals surface area (Å²) in [6.45, 7) is 9.57. The quantitative estimate of drug-likeness (QED) is 0.447. The second kappa shape index (κ2) is 12.6. The van der Waals surface area contributed by atoms with E-state index in [2.05, 4.69) is 16.7 Å². The molecule has 1 unspecified atom stereocenters. The van der Waals surface area contributed by atoms with E-state index in [1.54, 1.807) is 14.7 Å². The number of alkyl halides is 1. The molecule has 0 spiro atoms. The summed E-state index contributed by atoms with van der Waals surface area (Å²) in [5.41, 5.74) is 8.08. The van der Waals surface area contributed by atoms with E-state index in [1.165, 1.54) is 6.92 Å². The largest absolute Gasteiger partial charge is 0.339 e. The number of carbonyl (C=O) groups excluding carboxylic acids is 2. The van der Waals surface area contributed by atoms with E-state index in [0.717, 1.165) is 16.8 Å². The van der Waals surface area contributed by atoms with Gasteiger partial charge in [-0.05, 0) is 11.0 Å². The fourth-order valence-electron chi connectivity index (χ4n) is 5.27. The van der Waals surface area contributed by atoms with Crippen molar-refractivity contribution in [2.75, 3.05) is 39.3 Å². The molecule has 1 aliphatic heterocycles. The third kappa shape index (κ3) is 6.88. The third-order valence-corrected chi connectivity index (χ3v) is 7.34. The summed E-state index contributed by atoms with van der Waals surface area (Å²) in [7, 11) is 0. The molecule has 1 fully saturated rings. The number of nitrogens with two attached hydrogens (primary N) is 1. The monoisotopic (exact) mass is 548 g/mol. The van der Waals surface area contributed by atoms with Crippen molar-refractivity contribution in [2.24, 2.45) is 11.1 Å². The molecule has 2 aromatic carbocycles. The van der Waals surface area contributed by atoms with E-state index in [-0.39, 0.29) is 25.0 Å². The van der Waals surface area contributed by atoms with Gasteiger partial charge in [-0.3, -0.25) is 4.79 Å². The predicted octanol–water partition coefficient (Wildman–Crippen LogP) is 4.57. The second-order valence-electron chi connectivity index (χ2n) is 11.5. The van der Waals surface area contributed by atoms with Crippen LogP contribution in [-0.2, 0) is 11.3 Å². The van der Waals surface area contributed by atoms with Crippen molar-refractivity contribution in [3.8, 4) is 11.3 Å². The number of amides is 3. The van der Waals surface area contributed by atoms with Crippen LogP contribution in [0, 0.1) is 5.41 Å². The highest BCUT2D eigenvalue weighted by Gasteiger charge is 2.41. The Bertz CT molecular complexity index is 1270. The molecule has 0 bridgehead atoms. The Balaban J connectivity index is 1.79. The molecule has 0 radical (unpaired) electrons. The second-order valence-corrected chi connectivity index (χ2v) is 11.5. The fraction of sp³-hybridized carbons (Fsp3) is 0.452. The summed E-state index contributed by atoms with van der Waals surface area (Å²) >= 11 is 0. The standard InChI is InChI=1S/C31H41FN6O2/c1-23(39)35-15-17-36(18-16-35)30(40)38(21-26(32)19-33)28(31(2,3)4)29-34-27(25-13-9-6-10-14-25)22-37(29)20-24-11-7-5-8-12-24/h5-14,22,26,28H,15-21,33H2,1-4H3/t26-,28?/m1/s1. The number of urea groups is 1. The number of nitrogens with zero attached hydrogens (tertiary/aromatic N) is 5. The maximum atomic E-state index is 15.0. The van der Waals surface area contributed by atoms with Crippen LogP contribution < -0.4 is 5.73 Å². The lowest BCUT2D eigenvalue weighted by Crippen LogP contribution is -2.56. The Hall–Kier alpha value is -3.72. The van der Waals surface area contributed by atoms with Crippen molar-refractivity contribution in [3.05, 3.63) is 78.2 Å². The Morgan fingerprint density at radius 3 is 2.10 bits per heavy atom. The van der Waals surface area contributed by atoms with Gasteiger partial charge in [0.15, 0.2) is 0 Å². The molecule has 3 aromatic rings. The van der Waals surface area contributed by atoms with E-state index in [4.69, 9.17) is 10.7 Å². The van der Waals surface area contributed by atoms with E-state index in [0.29, 0.717) is 38.5 Å². The zero-order chi connectivity index (χ0) is 28.9. The molecule has 1 aliphatic rings. The number of rotatable bonds is 8. The summed E-state index contributed by atoms with van der Waals surface area (Å²) in [4.78, 5) is 36.2. The summed E-state index contributed by atoms with van der Waals surface area (Å²) in [6, 6.07) is 19.2. The SMILES string of the molecule is CC(=O)N1CCN(C(=O)N(C[C@H](F)CN)C(c2nc(-c3ccccc3)cn2Cc2ccccc2)C(C)(C)C)CC1. The number of hydrogen-bond acceptors (Lipinski definition) is 4. The van der Waals surface area contributed by atoms with Gasteiger partial charge in [-0.15, -0.1) is 0 Å². The molecule has 9 heteroatoms. The Labute approximate surface area is 236 Å². The molecule has 0 saturated carbocycles. The van der Waals surface area contributed by atoms with Gasteiger partial charge in [0.05, 0.1) is 18.3 Å². The molecule has 40 heavy (non-hydrogen) atoms. The minimum atomic E-state index is -1.39. The average Bonchev–Trinajstić information content (AvgIpc) is 3.35. The van der Waals surface area contributed by atoms with Crippen LogP contribution in [0.5, 0.6) is 0 Å². The zero-order valence-electron chi connectivity index (χ0n) is 24.0. The normalized spacial score (nSPS) is 15.6. The van der Waals surface area contributed by atoms with Gasteiger partial charge in [-0.25, -0.2) is 14.2 Å². The van der Waals surface area contributed by atoms with Crippen LogP contribution >= 0.6 is 0 Å². The Morgan fingerprint density at radius 2 is 1.55 bits per heavy atom. The van der Waals surface area contributed by atoms with Crippen LogP contribution in [0.4, 0.5) is 9.18 Å². The molecule has 1 aromatic heterocycles. The fourth-order valence-corrected chi connectivity index (χ4v) is 5.27. The van der Waals surface area contributed by atoms with E-state index in [1.807, 2.05) is 75.5 Å². The minimum Gasteiger partial charge on any atom is -0.339 e. The highest BCUT2D eigenvalue weighted by Crippen LogP contribution is 2.40. The molecule has 2 heterocycles. The Morgan fingerprint density at radius 1 is 0.975 bits per heavy atom. The molecule has 2 N–H and O–H groups in total. The maximum Gasteiger partial charge on any atom is 0.320 e. The predicted molar refractivity (Wildman–Crippen MR) is 155 cm³/mol. The number of imidazole rings is 1. The summed E-state index contributed by atoms with van der Waals surface area (Å²) in [5.74, 6) is 0.676. The molecule has 1 saturated heterocycles. The Kier molecular flexibility index (Phi) is 9.25. The topological polar surface area (TPSA) is 87.7 Å². The molecule has 3 amide bonds. The summed E-state index contributed by atoms with van der Waals surface area (Å²) in [6.07, 6.45) is 0.624. The molecular formula is C31H41FN6O2. The van der Waals surface area contributed by atoms with Gasteiger partial charge in [0.2, 0.25) is 5.91 Å². The first kappa shape index (κ1) is 29.3. The molecule has 4 rings (SSSR count). The van der Waals surface area contributed by atoms with Gasteiger partial charge in [-0.1, -0.05) is 81.4 Å². The molecule has 2 atom stereocenters. The van der Waals surface area contributed by atoms with Gasteiger partial charge >= 0.3 is 6.03 Å². The molecule has 214 valence electrons. The number of aromatic nitrogens is 2. The lowest BCUT2D eigenvalue weighted by Gasteiger charge is -2.44. The van der Waals surface area contributed by atoms with Crippen LogP contribution in [0.15, 0.2) is 66.9 Å². The first-order valence-electron chi connectivity index (χ1n) is 13.9. The van der Waals surface area contributed by atoms with Crippen LogP contribution in [0.1, 0.15) is 45.1 Å². The smallest absolute Gasteiger partial charge is 0.320 e. The van der Waals surface area contributed by atoms with Gasteiger partial charge in [0.1, 0.15) is 12.0 Å². The highest BCUT2D eigenvalue weighted by molar-refractivity contribution is 5.77. The number of carbonyl (C=O) groups is 2. The third-order valence-electron chi connectivity index (χ3n) is 7.34. The maximum absolute atomic E-state index is 15.0. The van der Waals surface area contributed by atoms with Crippen LogP contribution in [-0.4, -0.2) is 81.6 Å². The van der Waals surface area contributed by atoms with Crippen molar-refractivity contribution in [3.63, 3.8) is 0 Å². The lowest BCUT2D eigenvalue weighted by molar-refractivity contribution is -0.130.